The summed E-state index contributed by atoms with van der Waals surface area (Å²) in [6, 6.07) is 15.1. The highest BCUT2D eigenvalue weighted by Crippen LogP contribution is 2.23. The minimum absolute atomic E-state index is 0.168. The van der Waals surface area contributed by atoms with E-state index in [2.05, 4.69) is 0 Å². The lowest BCUT2D eigenvalue weighted by Crippen LogP contribution is -2.02. The van der Waals surface area contributed by atoms with Crippen LogP contribution in [0.3, 0.4) is 0 Å². The SMILES string of the molecule is Nc1ccc(/C=C/c2ccc(/C=C/c3ccc(N)cc3S(=O)(=O)[O-])cc2)c(S(=O)(=O)[O-])c1. The number of rotatable bonds is 6. The van der Waals surface area contributed by atoms with Gasteiger partial charge < -0.3 is 20.6 Å². The van der Waals surface area contributed by atoms with Crippen LogP contribution in [0.4, 0.5) is 11.4 Å². The number of hydrogen-bond acceptors (Lipinski definition) is 8. The Kier molecular flexibility index (Phi) is 6.51. The van der Waals surface area contributed by atoms with Crippen molar-refractivity contribution in [3.63, 3.8) is 0 Å². The van der Waals surface area contributed by atoms with Gasteiger partial charge in [-0.05, 0) is 46.5 Å². The summed E-state index contributed by atoms with van der Waals surface area (Å²) in [6.07, 6.45) is 6.26. The highest BCUT2D eigenvalue weighted by molar-refractivity contribution is 7.86. The molecule has 166 valence electrons. The third kappa shape index (κ3) is 5.83. The second-order valence-corrected chi connectivity index (χ2v) is 9.53. The Labute approximate surface area is 186 Å². The molecule has 8 nitrogen and oxygen atoms in total. The van der Waals surface area contributed by atoms with E-state index >= 15 is 0 Å². The summed E-state index contributed by atoms with van der Waals surface area (Å²) in [7, 11) is -9.36. The zero-order valence-corrected chi connectivity index (χ0v) is 18.1. The largest absolute Gasteiger partial charge is 0.744 e. The molecule has 0 aliphatic rings. The predicted molar refractivity (Wildman–Crippen MR) is 122 cm³/mol. The lowest BCUT2D eigenvalue weighted by Gasteiger charge is -2.11. The summed E-state index contributed by atoms with van der Waals surface area (Å²) in [4.78, 5) is -0.804. The Balaban J connectivity index is 1.83. The lowest BCUT2D eigenvalue weighted by atomic mass is 10.1. The second-order valence-electron chi connectivity index (χ2n) is 6.84. The van der Waals surface area contributed by atoms with Gasteiger partial charge in [-0.1, -0.05) is 60.7 Å². The molecule has 0 saturated carbocycles. The third-order valence-corrected chi connectivity index (χ3v) is 6.25. The first-order chi connectivity index (χ1) is 14.9. The molecule has 0 aliphatic carbocycles. The van der Waals surface area contributed by atoms with Crippen molar-refractivity contribution in [2.45, 2.75) is 9.79 Å². The molecule has 0 atom stereocenters. The van der Waals surface area contributed by atoms with Crippen molar-refractivity contribution in [2.75, 3.05) is 11.5 Å². The minimum Gasteiger partial charge on any atom is -0.744 e. The molecule has 0 fully saturated rings. The molecule has 32 heavy (non-hydrogen) atoms. The zero-order chi connectivity index (χ0) is 23.5. The first-order valence-corrected chi connectivity index (χ1v) is 11.9. The lowest BCUT2D eigenvalue weighted by molar-refractivity contribution is 0.460. The van der Waals surface area contributed by atoms with Gasteiger partial charge in [0, 0.05) is 11.4 Å². The van der Waals surface area contributed by atoms with Gasteiger partial charge in [0.15, 0.2) is 0 Å². The maximum Gasteiger partial charge on any atom is 0.125 e. The molecule has 10 heteroatoms. The van der Waals surface area contributed by atoms with Crippen LogP contribution in [0.15, 0.2) is 70.5 Å². The monoisotopic (exact) mass is 470 g/mol. The average Bonchev–Trinajstić information content (AvgIpc) is 2.71. The van der Waals surface area contributed by atoms with E-state index in [-0.39, 0.29) is 22.5 Å². The van der Waals surface area contributed by atoms with Crippen LogP contribution in [-0.4, -0.2) is 25.9 Å². The Morgan fingerprint density at radius 1 is 0.562 bits per heavy atom. The molecule has 4 N–H and O–H groups in total. The topological polar surface area (TPSA) is 166 Å². The van der Waals surface area contributed by atoms with Gasteiger partial charge in [0.25, 0.3) is 0 Å². The summed E-state index contributed by atoms with van der Waals surface area (Å²) in [5, 5.41) is 0. The smallest absolute Gasteiger partial charge is 0.125 e. The average molecular weight is 471 g/mol. The zero-order valence-electron chi connectivity index (χ0n) is 16.5. The van der Waals surface area contributed by atoms with Gasteiger partial charge in [-0.25, -0.2) is 16.8 Å². The van der Waals surface area contributed by atoms with Crippen molar-refractivity contribution >= 4 is 55.9 Å². The van der Waals surface area contributed by atoms with E-state index in [1.165, 1.54) is 36.4 Å². The first kappa shape index (κ1) is 23.2. The van der Waals surface area contributed by atoms with Gasteiger partial charge >= 0.3 is 0 Å². The minimum atomic E-state index is -4.68. The van der Waals surface area contributed by atoms with Gasteiger partial charge in [0.05, 0.1) is 9.79 Å². The maximum absolute atomic E-state index is 11.4. The Bertz CT molecular complexity index is 1320. The molecule has 0 amide bonds. The normalized spacial score (nSPS) is 12.6. The molecule has 0 radical (unpaired) electrons. The fraction of sp³-hybridized carbons (Fsp3) is 0. The van der Waals surface area contributed by atoms with Crippen LogP contribution >= 0.6 is 0 Å². The van der Waals surface area contributed by atoms with Crippen LogP contribution in [0.2, 0.25) is 0 Å². The molecular formula is C22H18N2O6S2-2. The Hall–Kier alpha value is -3.44. The van der Waals surface area contributed by atoms with Gasteiger partial charge in [-0.3, -0.25) is 0 Å². The van der Waals surface area contributed by atoms with Crippen LogP contribution in [0, 0.1) is 0 Å². The van der Waals surface area contributed by atoms with Crippen molar-refractivity contribution in [2.24, 2.45) is 0 Å². The number of hydrogen-bond donors (Lipinski definition) is 2. The molecule has 0 bridgehead atoms. The van der Waals surface area contributed by atoms with Crippen LogP contribution in [-0.2, 0) is 20.2 Å². The van der Waals surface area contributed by atoms with Crippen LogP contribution in [0.25, 0.3) is 24.3 Å². The van der Waals surface area contributed by atoms with Gasteiger partial charge in [-0.15, -0.1) is 0 Å². The number of anilines is 2. The van der Waals surface area contributed by atoms with E-state index in [9.17, 15) is 25.9 Å². The molecule has 3 rings (SSSR count). The number of benzene rings is 3. The number of nitrogen functional groups attached to an aromatic ring is 2. The molecule has 0 unspecified atom stereocenters. The van der Waals surface area contributed by atoms with Crippen molar-refractivity contribution in [3.8, 4) is 0 Å². The molecule has 0 aromatic heterocycles. The van der Waals surface area contributed by atoms with Gasteiger partial charge in [0.1, 0.15) is 20.2 Å². The second kappa shape index (κ2) is 8.97. The van der Waals surface area contributed by atoms with E-state index in [4.69, 9.17) is 11.5 Å². The molecular weight excluding hydrogens is 452 g/mol. The quantitative estimate of drug-likeness (QED) is 0.315. The van der Waals surface area contributed by atoms with Crippen molar-refractivity contribution in [1.82, 2.24) is 0 Å². The van der Waals surface area contributed by atoms with Crippen molar-refractivity contribution < 1.29 is 25.9 Å². The summed E-state index contributed by atoms with van der Waals surface area (Å²) in [6.45, 7) is 0. The predicted octanol–water partition coefficient (Wildman–Crippen LogP) is 3.00. The molecule has 0 aliphatic heterocycles. The standard InChI is InChI=1S/C22H20N2O6S2/c23-19-11-9-17(21(13-19)31(25,26)27)7-5-15-1-2-16(4-3-15)6-8-18-10-12-20(24)14-22(18)32(28,29)30/h1-14H,23-24H2,(H,25,26,27)(H,28,29,30)/p-2/b7-5+,8-6+. The molecule has 0 saturated heterocycles. The summed E-state index contributed by atoms with van der Waals surface area (Å²) in [5.41, 5.74) is 13.4. The van der Waals surface area contributed by atoms with Gasteiger partial charge in [-0.2, -0.15) is 0 Å². The maximum atomic E-state index is 11.4. The Morgan fingerprint density at radius 2 is 0.906 bits per heavy atom. The van der Waals surface area contributed by atoms with Gasteiger partial charge in [0.2, 0.25) is 0 Å². The molecule has 0 spiro atoms. The van der Waals surface area contributed by atoms with Crippen LogP contribution in [0.5, 0.6) is 0 Å². The highest BCUT2D eigenvalue weighted by atomic mass is 32.2. The summed E-state index contributed by atoms with van der Waals surface area (Å²) < 4.78 is 68.6. The van der Waals surface area contributed by atoms with E-state index in [0.29, 0.717) is 0 Å². The van der Waals surface area contributed by atoms with Crippen LogP contribution in [0.1, 0.15) is 22.3 Å². The number of nitrogens with two attached hydrogens (primary N) is 2. The fourth-order valence-corrected chi connectivity index (χ4v) is 4.31. The van der Waals surface area contributed by atoms with E-state index in [1.54, 1.807) is 36.4 Å². The molecule has 3 aromatic rings. The molecule has 0 heterocycles. The van der Waals surface area contributed by atoms with Crippen molar-refractivity contribution in [3.05, 3.63) is 82.9 Å². The van der Waals surface area contributed by atoms with Crippen LogP contribution < -0.4 is 11.5 Å². The first-order valence-electron chi connectivity index (χ1n) is 9.10. The molecule has 3 aromatic carbocycles. The highest BCUT2D eigenvalue weighted by Gasteiger charge is 2.08. The van der Waals surface area contributed by atoms with E-state index < -0.39 is 30.0 Å². The third-order valence-electron chi connectivity index (χ3n) is 4.46. The Morgan fingerprint density at radius 3 is 1.22 bits per heavy atom. The summed E-state index contributed by atoms with van der Waals surface area (Å²) >= 11 is 0. The fourth-order valence-electron chi connectivity index (χ4n) is 2.90. The van der Waals surface area contributed by atoms with Crippen molar-refractivity contribution in [1.29, 1.82) is 0 Å². The summed E-state index contributed by atoms with van der Waals surface area (Å²) in [5.74, 6) is 0. The van der Waals surface area contributed by atoms with E-state index in [0.717, 1.165) is 23.3 Å². The van der Waals surface area contributed by atoms with E-state index in [1.807, 2.05) is 0 Å².